The molecule has 1 aromatic rings. The number of aromatic amines is 1. The molecule has 144 valence electrons. The molecule has 2 aliphatic heterocycles. The minimum atomic E-state index is -3.20. The maximum atomic E-state index is 12.9. The fourth-order valence-electron chi connectivity index (χ4n) is 4.64. The zero-order valence-corrected chi connectivity index (χ0v) is 15.9. The Kier molecular flexibility index (Phi) is 4.46. The van der Waals surface area contributed by atoms with Crippen LogP contribution >= 0.6 is 0 Å². The summed E-state index contributed by atoms with van der Waals surface area (Å²) in [6, 6.07) is 1.44. The van der Waals surface area contributed by atoms with Crippen LogP contribution in [0.5, 0.6) is 0 Å². The molecule has 3 aliphatic rings. The molecule has 0 radical (unpaired) electrons. The van der Waals surface area contributed by atoms with Crippen molar-refractivity contribution in [3.05, 3.63) is 26.9 Å². The molecule has 0 spiro atoms. The number of H-pyrrole nitrogens is 1. The van der Waals surface area contributed by atoms with Crippen LogP contribution < -0.4 is 16.1 Å². The standard InChI is InChI=1S/C17H26N4O4S/c1-19-16(22)7-15(18-17(19)23)20-8-12-10-21(11-13(12)9-20)26(24,25)14-5-3-2-4-6-14/h7,12-14H,2-6,8-11H2,1H3,(H,18,23). The topological polar surface area (TPSA) is 95.5 Å². The van der Waals surface area contributed by atoms with E-state index in [2.05, 4.69) is 4.98 Å². The molecule has 1 saturated carbocycles. The van der Waals surface area contributed by atoms with Gasteiger partial charge in [-0.2, -0.15) is 0 Å². The Morgan fingerprint density at radius 3 is 2.19 bits per heavy atom. The zero-order valence-electron chi connectivity index (χ0n) is 15.1. The molecule has 3 fully saturated rings. The lowest BCUT2D eigenvalue weighted by Gasteiger charge is -2.28. The molecule has 0 bridgehead atoms. The third-order valence-electron chi connectivity index (χ3n) is 6.26. The minimum Gasteiger partial charge on any atom is -0.357 e. The lowest BCUT2D eigenvalue weighted by atomic mass is 10.0. The van der Waals surface area contributed by atoms with Crippen LogP contribution in [0.25, 0.3) is 0 Å². The van der Waals surface area contributed by atoms with Gasteiger partial charge in [0.2, 0.25) is 10.0 Å². The van der Waals surface area contributed by atoms with Gasteiger partial charge >= 0.3 is 5.69 Å². The van der Waals surface area contributed by atoms with E-state index in [0.29, 0.717) is 32.0 Å². The lowest BCUT2D eigenvalue weighted by molar-refractivity contribution is 0.415. The van der Waals surface area contributed by atoms with Crippen LogP contribution in [0.3, 0.4) is 0 Å². The highest BCUT2D eigenvalue weighted by atomic mass is 32.2. The van der Waals surface area contributed by atoms with E-state index in [1.165, 1.54) is 13.1 Å². The number of sulfonamides is 1. The molecule has 8 nitrogen and oxygen atoms in total. The van der Waals surface area contributed by atoms with Gasteiger partial charge in [0.25, 0.3) is 5.56 Å². The Morgan fingerprint density at radius 1 is 1.00 bits per heavy atom. The van der Waals surface area contributed by atoms with Crippen LogP contribution in [0, 0.1) is 11.8 Å². The molecular weight excluding hydrogens is 356 g/mol. The van der Waals surface area contributed by atoms with E-state index in [0.717, 1.165) is 36.7 Å². The number of hydrogen-bond donors (Lipinski definition) is 1. The predicted molar refractivity (Wildman–Crippen MR) is 98.9 cm³/mol. The highest BCUT2D eigenvalue weighted by molar-refractivity contribution is 7.89. The van der Waals surface area contributed by atoms with Crippen LogP contribution in [0.2, 0.25) is 0 Å². The summed E-state index contributed by atoms with van der Waals surface area (Å²) in [6.07, 6.45) is 4.73. The maximum Gasteiger partial charge on any atom is 0.329 e. The molecular formula is C17H26N4O4S. The van der Waals surface area contributed by atoms with Crippen molar-refractivity contribution in [2.45, 2.75) is 37.4 Å². The highest BCUT2D eigenvalue weighted by Crippen LogP contribution is 2.36. The largest absolute Gasteiger partial charge is 0.357 e. The second-order valence-electron chi connectivity index (χ2n) is 7.90. The SMILES string of the molecule is Cn1c(=O)cc(N2CC3CN(S(=O)(=O)C4CCCCC4)CC3C2)[nH]c1=O. The number of nitrogens with one attached hydrogen (secondary N) is 1. The second kappa shape index (κ2) is 6.53. The Bertz CT molecular complexity index is 855. The van der Waals surface area contributed by atoms with Crippen LogP contribution in [0.1, 0.15) is 32.1 Å². The molecule has 0 aromatic carbocycles. The molecule has 2 atom stereocenters. The summed E-state index contributed by atoms with van der Waals surface area (Å²) in [5, 5.41) is -0.209. The van der Waals surface area contributed by atoms with E-state index >= 15 is 0 Å². The van der Waals surface area contributed by atoms with Gasteiger partial charge in [-0.05, 0) is 24.7 Å². The molecule has 2 unspecified atom stereocenters. The second-order valence-corrected chi connectivity index (χ2v) is 10.1. The average molecular weight is 382 g/mol. The van der Waals surface area contributed by atoms with Crippen LogP contribution in [-0.4, -0.2) is 53.7 Å². The van der Waals surface area contributed by atoms with Crippen LogP contribution in [0.15, 0.2) is 15.7 Å². The zero-order chi connectivity index (χ0) is 18.5. The van der Waals surface area contributed by atoms with E-state index in [4.69, 9.17) is 0 Å². The monoisotopic (exact) mass is 382 g/mol. The first kappa shape index (κ1) is 17.8. The van der Waals surface area contributed by atoms with E-state index in [1.54, 1.807) is 4.31 Å². The molecule has 26 heavy (non-hydrogen) atoms. The van der Waals surface area contributed by atoms with E-state index < -0.39 is 15.7 Å². The fourth-order valence-corrected chi connectivity index (χ4v) is 6.79. The molecule has 4 rings (SSSR count). The molecule has 1 aromatic heterocycles. The van der Waals surface area contributed by atoms with Crippen molar-refractivity contribution < 1.29 is 8.42 Å². The van der Waals surface area contributed by atoms with Gasteiger partial charge in [-0.15, -0.1) is 0 Å². The summed E-state index contributed by atoms with van der Waals surface area (Å²) in [5.74, 6) is 1.04. The third kappa shape index (κ3) is 3.00. The first-order chi connectivity index (χ1) is 12.4. The van der Waals surface area contributed by atoms with E-state index in [9.17, 15) is 18.0 Å². The van der Waals surface area contributed by atoms with Crippen molar-refractivity contribution in [2.75, 3.05) is 31.1 Å². The number of anilines is 1. The van der Waals surface area contributed by atoms with Crippen molar-refractivity contribution >= 4 is 15.8 Å². The fraction of sp³-hybridized carbons (Fsp3) is 0.765. The quantitative estimate of drug-likeness (QED) is 0.800. The molecule has 0 amide bonds. The Morgan fingerprint density at radius 2 is 1.62 bits per heavy atom. The number of nitrogens with zero attached hydrogens (tertiary/aromatic N) is 3. The summed E-state index contributed by atoms with van der Waals surface area (Å²) in [4.78, 5) is 28.4. The summed E-state index contributed by atoms with van der Waals surface area (Å²) >= 11 is 0. The Labute approximate surface area is 152 Å². The summed E-state index contributed by atoms with van der Waals surface area (Å²) in [6.45, 7) is 2.44. The molecule has 2 saturated heterocycles. The number of rotatable bonds is 3. The van der Waals surface area contributed by atoms with Crippen molar-refractivity contribution in [2.24, 2.45) is 18.9 Å². The van der Waals surface area contributed by atoms with Gasteiger partial charge in [-0.3, -0.25) is 14.3 Å². The highest BCUT2D eigenvalue weighted by Gasteiger charge is 2.46. The molecule has 9 heteroatoms. The van der Waals surface area contributed by atoms with Gasteiger partial charge in [-0.25, -0.2) is 17.5 Å². The lowest BCUT2D eigenvalue weighted by Crippen LogP contribution is -2.40. The molecule has 3 heterocycles. The number of hydrogen-bond acceptors (Lipinski definition) is 5. The molecule has 1 aliphatic carbocycles. The minimum absolute atomic E-state index is 0.209. The summed E-state index contributed by atoms with van der Waals surface area (Å²) in [5.41, 5.74) is -0.756. The smallest absolute Gasteiger partial charge is 0.329 e. The normalized spacial score (nSPS) is 27.8. The molecule has 1 N–H and O–H groups in total. The van der Waals surface area contributed by atoms with Gasteiger partial charge in [0.15, 0.2) is 0 Å². The van der Waals surface area contributed by atoms with Crippen molar-refractivity contribution in [1.29, 1.82) is 0 Å². The Hall–Kier alpha value is -1.61. The van der Waals surface area contributed by atoms with Gasteiger partial charge in [0, 0.05) is 39.3 Å². The summed E-state index contributed by atoms with van der Waals surface area (Å²) < 4.78 is 28.6. The van der Waals surface area contributed by atoms with Gasteiger partial charge in [0.05, 0.1) is 5.25 Å². The third-order valence-corrected chi connectivity index (χ3v) is 8.59. The van der Waals surface area contributed by atoms with Crippen molar-refractivity contribution in [1.82, 2.24) is 13.9 Å². The summed E-state index contributed by atoms with van der Waals surface area (Å²) in [7, 11) is -1.76. The number of fused-ring (bicyclic) bond motifs is 1. The first-order valence-corrected chi connectivity index (χ1v) is 10.9. The van der Waals surface area contributed by atoms with E-state index in [-0.39, 0.29) is 22.6 Å². The van der Waals surface area contributed by atoms with Crippen molar-refractivity contribution in [3.8, 4) is 0 Å². The Balaban J connectivity index is 1.46. The first-order valence-electron chi connectivity index (χ1n) is 9.40. The van der Waals surface area contributed by atoms with Gasteiger partial charge < -0.3 is 4.90 Å². The van der Waals surface area contributed by atoms with Crippen LogP contribution in [-0.2, 0) is 17.1 Å². The van der Waals surface area contributed by atoms with Gasteiger partial charge in [-0.1, -0.05) is 19.3 Å². The van der Waals surface area contributed by atoms with E-state index in [1.807, 2.05) is 4.90 Å². The predicted octanol–water partition coefficient (Wildman–Crippen LogP) is 0.104. The van der Waals surface area contributed by atoms with Gasteiger partial charge in [0.1, 0.15) is 5.82 Å². The number of aromatic nitrogens is 2. The van der Waals surface area contributed by atoms with Crippen LogP contribution in [0.4, 0.5) is 5.82 Å². The average Bonchev–Trinajstić information content (AvgIpc) is 3.19. The van der Waals surface area contributed by atoms with Crippen molar-refractivity contribution in [3.63, 3.8) is 0 Å². The maximum absolute atomic E-state index is 12.9.